The summed E-state index contributed by atoms with van der Waals surface area (Å²) in [6.45, 7) is 0. The van der Waals surface area contributed by atoms with Crippen LogP contribution >= 0.6 is 11.6 Å². The lowest BCUT2D eigenvalue weighted by Crippen LogP contribution is -1.97. The van der Waals surface area contributed by atoms with E-state index < -0.39 is 9.84 Å². The van der Waals surface area contributed by atoms with Gasteiger partial charge >= 0.3 is 0 Å². The smallest absolute Gasteiger partial charge is 0.250 e. The summed E-state index contributed by atoms with van der Waals surface area (Å²) in [4.78, 5) is 15.0. The monoisotopic (exact) mass is 324 g/mol. The highest BCUT2D eigenvalue weighted by Gasteiger charge is 2.12. The van der Waals surface area contributed by atoms with Gasteiger partial charge in [-0.05, 0) is 35.9 Å². The third-order valence-corrected chi connectivity index (χ3v) is 3.99. The molecule has 3 rings (SSSR count). The average molecular weight is 325 g/mol. The van der Waals surface area contributed by atoms with Crippen molar-refractivity contribution in [3.63, 3.8) is 0 Å². The molecule has 0 aliphatic rings. The Bertz CT molecular complexity index is 906. The van der Waals surface area contributed by atoms with E-state index in [1.165, 1.54) is 30.6 Å². The minimum atomic E-state index is -3.24. The molecule has 21 heavy (non-hydrogen) atoms. The first-order chi connectivity index (χ1) is 9.93. The zero-order valence-electron chi connectivity index (χ0n) is 10.7. The Morgan fingerprint density at radius 1 is 1.19 bits per heavy atom. The Kier molecular flexibility index (Phi) is 3.26. The first-order valence-corrected chi connectivity index (χ1v) is 8.05. The lowest BCUT2D eigenvalue weighted by molar-refractivity contribution is 0.467. The standard InChI is InChI=1S/C12H9ClN4O3S/c1-21(18,19)8-4-2-7(3-5-8)20-11-9-10(15-6-14-9)16-12(13)17-11/h2-6H,1H3,(H,14,15,16,17). The number of rotatable bonds is 3. The van der Waals surface area contributed by atoms with Crippen molar-refractivity contribution in [2.75, 3.05) is 6.26 Å². The molecule has 0 bridgehead atoms. The van der Waals surface area contributed by atoms with Crippen LogP contribution in [0, 0.1) is 0 Å². The highest BCUT2D eigenvalue weighted by atomic mass is 35.5. The maximum atomic E-state index is 11.4. The van der Waals surface area contributed by atoms with E-state index in [0.717, 1.165) is 6.26 Å². The van der Waals surface area contributed by atoms with Gasteiger partial charge in [-0.1, -0.05) is 0 Å². The first kappa shape index (κ1) is 13.8. The van der Waals surface area contributed by atoms with Gasteiger partial charge in [0.2, 0.25) is 11.2 Å². The van der Waals surface area contributed by atoms with E-state index in [4.69, 9.17) is 16.3 Å². The van der Waals surface area contributed by atoms with Gasteiger partial charge in [-0.15, -0.1) is 0 Å². The van der Waals surface area contributed by atoms with Gasteiger partial charge in [-0.25, -0.2) is 13.4 Å². The zero-order chi connectivity index (χ0) is 15.0. The molecule has 0 aliphatic carbocycles. The Balaban J connectivity index is 1.97. The molecule has 2 aromatic heterocycles. The molecule has 0 atom stereocenters. The third kappa shape index (κ3) is 2.81. The maximum absolute atomic E-state index is 11.4. The predicted molar refractivity (Wildman–Crippen MR) is 76.3 cm³/mol. The lowest BCUT2D eigenvalue weighted by Gasteiger charge is -2.06. The molecule has 0 unspecified atom stereocenters. The summed E-state index contributed by atoms with van der Waals surface area (Å²) < 4.78 is 28.4. The Hall–Kier alpha value is -2.19. The van der Waals surface area contributed by atoms with Crippen molar-refractivity contribution in [2.45, 2.75) is 4.90 Å². The second kappa shape index (κ2) is 4.97. The van der Waals surface area contributed by atoms with E-state index in [1.54, 1.807) is 0 Å². The summed E-state index contributed by atoms with van der Waals surface area (Å²) in [5.41, 5.74) is 0.893. The van der Waals surface area contributed by atoms with Crippen LogP contribution in [0.1, 0.15) is 0 Å². The van der Waals surface area contributed by atoms with Crippen molar-refractivity contribution >= 4 is 32.6 Å². The minimum absolute atomic E-state index is 0.0114. The van der Waals surface area contributed by atoms with Gasteiger partial charge in [-0.3, -0.25) is 0 Å². The number of benzene rings is 1. The van der Waals surface area contributed by atoms with E-state index in [1.807, 2.05) is 0 Å². The highest BCUT2D eigenvalue weighted by molar-refractivity contribution is 7.90. The summed E-state index contributed by atoms with van der Waals surface area (Å²) in [7, 11) is -3.24. The van der Waals surface area contributed by atoms with Crippen LogP contribution in [0.2, 0.25) is 5.28 Å². The fraction of sp³-hybridized carbons (Fsp3) is 0.0833. The highest BCUT2D eigenvalue weighted by Crippen LogP contribution is 2.27. The molecule has 0 spiro atoms. The summed E-state index contributed by atoms with van der Waals surface area (Å²) in [5.74, 6) is 0.641. The molecule has 0 saturated heterocycles. The van der Waals surface area contributed by atoms with Gasteiger partial charge < -0.3 is 9.72 Å². The number of sulfone groups is 1. The van der Waals surface area contributed by atoms with Crippen LogP contribution in [-0.4, -0.2) is 34.6 Å². The van der Waals surface area contributed by atoms with E-state index in [0.29, 0.717) is 16.9 Å². The Morgan fingerprint density at radius 3 is 2.57 bits per heavy atom. The summed E-state index contributed by atoms with van der Waals surface area (Å²) >= 11 is 5.80. The Labute approximate surface area is 124 Å². The SMILES string of the molecule is CS(=O)(=O)c1ccc(Oc2nc(Cl)nc3nc[nH]c23)cc1. The number of aromatic amines is 1. The van der Waals surface area contributed by atoms with E-state index in [-0.39, 0.29) is 16.1 Å². The zero-order valence-corrected chi connectivity index (χ0v) is 12.3. The predicted octanol–water partition coefficient (Wildman–Crippen LogP) is 2.20. The number of nitrogens with one attached hydrogen (secondary N) is 1. The second-order valence-electron chi connectivity index (χ2n) is 4.24. The van der Waals surface area contributed by atoms with E-state index >= 15 is 0 Å². The van der Waals surface area contributed by atoms with Crippen molar-refractivity contribution in [1.29, 1.82) is 0 Å². The summed E-state index contributed by atoms with van der Waals surface area (Å²) in [6, 6.07) is 5.98. The van der Waals surface area contributed by atoms with Crippen LogP contribution in [0.4, 0.5) is 0 Å². The molecule has 0 aliphatic heterocycles. The van der Waals surface area contributed by atoms with E-state index in [2.05, 4.69) is 19.9 Å². The van der Waals surface area contributed by atoms with Crippen LogP contribution in [-0.2, 0) is 9.84 Å². The number of hydrogen-bond acceptors (Lipinski definition) is 6. The number of H-pyrrole nitrogens is 1. The molecule has 9 heteroatoms. The van der Waals surface area contributed by atoms with Crippen LogP contribution < -0.4 is 4.74 Å². The van der Waals surface area contributed by atoms with Crippen molar-refractivity contribution in [1.82, 2.24) is 19.9 Å². The average Bonchev–Trinajstić information content (AvgIpc) is 2.86. The molecule has 3 aromatic rings. The molecular formula is C12H9ClN4O3S. The largest absolute Gasteiger partial charge is 0.437 e. The van der Waals surface area contributed by atoms with Crippen molar-refractivity contribution in [3.05, 3.63) is 35.9 Å². The molecule has 108 valence electrons. The quantitative estimate of drug-likeness (QED) is 0.742. The summed E-state index contributed by atoms with van der Waals surface area (Å²) in [6.07, 6.45) is 2.59. The lowest BCUT2D eigenvalue weighted by atomic mass is 10.3. The van der Waals surface area contributed by atoms with Gasteiger partial charge in [0.15, 0.2) is 15.5 Å². The molecule has 1 aromatic carbocycles. The molecule has 0 fully saturated rings. The number of hydrogen-bond donors (Lipinski definition) is 1. The fourth-order valence-corrected chi connectivity index (χ4v) is 2.51. The molecule has 7 nitrogen and oxygen atoms in total. The van der Waals surface area contributed by atoms with Crippen molar-refractivity contribution < 1.29 is 13.2 Å². The maximum Gasteiger partial charge on any atom is 0.250 e. The molecular weight excluding hydrogens is 316 g/mol. The van der Waals surface area contributed by atoms with Crippen LogP contribution in [0.15, 0.2) is 35.5 Å². The van der Waals surface area contributed by atoms with Crippen molar-refractivity contribution in [2.24, 2.45) is 0 Å². The molecule has 0 saturated carbocycles. The van der Waals surface area contributed by atoms with Crippen LogP contribution in [0.25, 0.3) is 11.2 Å². The third-order valence-electron chi connectivity index (χ3n) is 2.69. The Morgan fingerprint density at radius 2 is 1.90 bits per heavy atom. The molecule has 2 heterocycles. The van der Waals surface area contributed by atoms with Gasteiger partial charge in [0.1, 0.15) is 11.3 Å². The number of aromatic nitrogens is 4. The number of ether oxygens (including phenoxy) is 1. The van der Waals surface area contributed by atoms with Crippen LogP contribution in [0.5, 0.6) is 11.6 Å². The number of nitrogens with zero attached hydrogens (tertiary/aromatic N) is 3. The van der Waals surface area contributed by atoms with Crippen LogP contribution in [0.3, 0.4) is 0 Å². The molecule has 0 radical (unpaired) electrons. The van der Waals surface area contributed by atoms with E-state index in [9.17, 15) is 8.42 Å². The topological polar surface area (TPSA) is 97.8 Å². The second-order valence-corrected chi connectivity index (χ2v) is 6.60. The molecule has 0 amide bonds. The molecule has 1 N–H and O–H groups in total. The summed E-state index contributed by atoms with van der Waals surface area (Å²) in [5, 5.41) is 0.0114. The van der Waals surface area contributed by atoms with Gasteiger partial charge in [0.25, 0.3) is 0 Å². The van der Waals surface area contributed by atoms with Gasteiger partial charge in [0, 0.05) is 6.26 Å². The minimum Gasteiger partial charge on any atom is -0.437 e. The fourth-order valence-electron chi connectivity index (χ4n) is 1.72. The number of imidazole rings is 1. The number of fused-ring (bicyclic) bond motifs is 1. The normalized spacial score (nSPS) is 11.7. The van der Waals surface area contributed by atoms with Crippen molar-refractivity contribution in [3.8, 4) is 11.6 Å². The number of halogens is 1. The first-order valence-electron chi connectivity index (χ1n) is 5.78. The van der Waals surface area contributed by atoms with Gasteiger partial charge in [0.05, 0.1) is 11.2 Å². The van der Waals surface area contributed by atoms with Gasteiger partial charge in [-0.2, -0.15) is 9.97 Å².